The number of rotatable bonds is 7. The molecule has 0 saturated carbocycles. The molecule has 1 aliphatic rings. The van der Waals surface area contributed by atoms with E-state index in [-0.39, 0.29) is 11.9 Å². The standard InChI is InChI=1S/C22H29N3O4/c1-5-29-22(27)20-18-14-24(11-10-19(18)25(23-20)12-15(2)3)13-16-6-8-17(9-7-16)21(26)28-4/h6-9,15H,5,10-14H2,1-4H3. The maximum Gasteiger partial charge on any atom is 0.359 e. The van der Waals surface area contributed by atoms with Gasteiger partial charge >= 0.3 is 11.9 Å². The van der Waals surface area contributed by atoms with E-state index in [1.165, 1.54) is 7.11 Å². The fourth-order valence-corrected chi connectivity index (χ4v) is 3.66. The third kappa shape index (κ3) is 4.85. The average molecular weight is 399 g/mol. The summed E-state index contributed by atoms with van der Waals surface area (Å²) < 4.78 is 12.0. The van der Waals surface area contributed by atoms with E-state index in [2.05, 4.69) is 23.8 Å². The van der Waals surface area contributed by atoms with Gasteiger partial charge in [0.25, 0.3) is 0 Å². The van der Waals surface area contributed by atoms with Gasteiger partial charge in [0.05, 0.1) is 19.3 Å². The maximum atomic E-state index is 12.5. The van der Waals surface area contributed by atoms with E-state index in [0.29, 0.717) is 30.3 Å². The Morgan fingerprint density at radius 3 is 2.52 bits per heavy atom. The van der Waals surface area contributed by atoms with Crippen molar-refractivity contribution in [1.29, 1.82) is 0 Å². The lowest BCUT2D eigenvalue weighted by molar-refractivity contribution is 0.0514. The Bertz CT molecular complexity index is 871. The Morgan fingerprint density at radius 1 is 1.17 bits per heavy atom. The van der Waals surface area contributed by atoms with Crippen molar-refractivity contribution in [2.45, 2.75) is 46.8 Å². The van der Waals surface area contributed by atoms with Gasteiger partial charge in [0.1, 0.15) is 0 Å². The minimum absolute atomic E-state index is 0.334. The first kappa shape index (κ1) is 21.0. The molecule has 29 heavy (non-hydrogen) atoms. The molecule has 7 nitrogen and oxygen atoms in total. The van der Waals surface area contributed by atoms with Crippen molar-refractivity contribution in [2.75, 3.05) is 20.3 Å². The highest BCUT2D eigenvalue weighted by molar-refractivity contribution is 5.89. The largest absolute Gasteiger partial charge is 0.465 e. The summed E-state index contributed by atoms with van der Waals surface area (Å²) in [5.74, 6) is -0.244. The van der Waals surface area contributed by atoms with Crippen LogP contribution in [0.25, 0.3) is 0 Å². The van der Waals surface area contributed by atoms with Gasteiger partial charge in [0.15, 0.2) is 5.69 Å². The first-order valence-electron chi connectivity index (χ1n) is 10.1. The number of methoxy groups -OCH3 is 1. The van der Waals surface area contributed by atoms with E-state index in [4.69, 9.17) is 9.47 Å². The second-order valence-electron chi connectivity index (χ2n) is 7.72. The lowest BCUT2D eigenvalue weighted by atomic mass is 10.0. The Balaban J connectivity index is 1.79. The van der Waals surface area contributed by atoms with Crippen LogP contribution in [0.5, 0.6) is 0 Å². The molecule has 1 aromatic carbocycles. The highest BCUT2D eigenvalue weighted by atomic mass is 16.5. The van der Waals surface area contributed by atoms with Crippen LogP contribution < -0.4 is 0 Å². The maximum absolute atomic E-state index is 12.5. The topological polar surface area (TPSA) is 73.7 Å². The van der Waals surface area contributed by atoms with Crippen LogP contribution in [0.3, 0.4) is 0 Å². The zero-order valence-electron chi connectivity index (χ0n) is 17.6. The minimum atomic E-state index is -0.351. The number of aromatic nitrogens is 2. The van der Waals surface area contributed by atoms with Gasteiger partial charge in [-0.1, -0.05) is 26.0 Å². The summed E-state index contributed by atoms with van der Waals surface area (Å²) in [5.41, 5.74) is 4.19. The van der Waals surface area contributed by atoms with Gasteiger partial charge in [-0.05, 0) is 30.5 Å². The zero-order valence-corrected chi connectivity index (χ0v) is 17.6. The summed E-state index contributed by atoms with van der Waals surface area (Å²) in [5, 5.41) is 4.60. The molecule has 0 N–H and O–H groups in total. The van der Waals surface area contributed by atoms with Crippen molar-refractivity contribution in [1.82, 2.24) is 14.7 Å². The normalized spacial score (nSPS) is 14.0. The molecule has 0 radical (unpaired) electrons. The van der Waals surface area contributed by atoms with Gasteiger partial charge in [-0.3, -0.25) is 9.58 Å². The van der Waals surface area contributed by atoms with Crippen LogP contribution >= 0.6 is 0 Å². The molecule has 0 fully saturated rings. The lowest BCUT2D eigenvalue weighted by Gasteiger charge is -2.28. The van der Waals surface area contributed by atoms with E-state index in [9.17, 15) is 9.59 Å². The van der Waals surface area contributed by atoms with Crippen LogP contribution in [0.15, 0.2) is 24.3 Å². The smallest absolute Gasteiger partial charge is 0.359 e. The zero-order chi connectivity index (χ0) is 21.0. The number of hydrogen-bond donors (Lipinski definition) is 0. The highest BCUT2D eigenvalue weighted by Gasteiger charge is 2.29. The molecule has 2 aromatic rings. The third-order valence-corrected chi connectivity index (χ3v) is 5.00. The molecule has 0 amide bonds. The van der Waals surface area contributed by atoms with Crippen molar-refractivity contribution in [3.8, 4) is 0 Å². The van der Waals surface area contributed by atoms with Gasteiger partial charge in [0.2, 0.25) is 0 Å². The summed E-state index contributed by atoms with van der Waals surface area (Å²) in [6, 6.07) is 7.44. The second-order valence-corrected chi connectivity index (χ2v) is 7.72. The summed E-state index contributed by atoms with van der Waals surface area (Å²) in [6.45, 7) is 9.49. The molecule has 0 atom stereocenters. The quantitative estimate of drug-likeness (QED) is 0.666. The number of esters is 2. The Labute approximate surface area is 171 Å². The second kappa shape index (κ2) is 9.22. The van der Waals surface area contributed by atoms with Gasteiger partial charge in [-0.2, -0.15) is 5.10 Å². The van der Waals surface area contributed by atoms with Crippen molar-refractivity contribution in [3.63, 3.8) is 0 Å². The van der Waals surface area contributed by atoms with E-state index in [0.717, 1.165) is 42.9 Å². The third-order valence-electron chi connectivity index (χ3n) is 5.00. The molecule has 0 aliphatic carbocycles. The number of hydrogen-bond acceptors (Lipinski definition) is 6. The van der Waals surface area contributed by atoms with Crippen LogP contribution in [0.4, 0.5) is 0 Å². The van der Waals surface area contributed by atoms with Gasteiger partial charge in [0, 0.05) is 43.9 Å². The Hall–Kier alpha value is -2.67. The average Bonchev–Trinajstić information content (AvgIpc) is 3.05. The van der Waals surface area contributed by atoms with Crippen LogP contribution in [0.2, 0.25) is 0 Å². The lowest BCUT2D eigenvalue weighted by Crippen LogP contribution is -2.31. The molecule has 0 unspecified atom stereocenters. The molecule has 0 saturated heterocycles. The summed E-state index contributed by atoms with van der Waals surface area (Å²) in [7, 11) is 1.38. The molecule has 0 bridgehead atoms. The molecule has 7 heteroatoms. The van der Waals surface area contributed by atoms with E-state index < -0.39 is 0 Å². The number of fused-ring (bicyclic) bond motifs is 1. The number of ether oxygens (including phenoxy) is 2. The molecule has 0 spiro atoms. The van der Waals surface area contributed by atoms with E-state index >= 15 is 0 Å². The molecule has 156 valence electrons. The predicted octanol–water partition coefficient (Wildman–Crippen LogP) is 3.06. The van der Waals surface area contributed by atoms with Crippen LogP contribution in [-0.2, 0) is 35.5 Å². The summed E-state index contributed by atoms with van der Waals surface area (Å²) in [4.78, 5) is 26.3. The molecular formula is C22H29N3O4. The van der Waals surface area contributed by atoms with Crippen LogP contribution in [-0.4, -0.2) is 46.9 Å². The fourth-order valence-electron chi connectivity index (χ4n) is 3.66. The number of carbonyl (C=O) groups is 2. The fraction of sp³-hybridized carbons (Fsp3) is 0.500. The monoisotopic (exact) mass is 399 g/mol. The van der Waals surface area contributed by atoms with Crippen molar-refractivity contribution in [2.24, 2.45) is 5.92 Å². The van der Waals surface area contributed by atoms with Gasteiger partial charge in [-0.15, -0.1) is 0 Å². The number of nitrogens with zero attached hydrogens (tertiary/aromatic N) is 3. The van der Waals surface area contributed by atoms with E-state index in [1.807, 2.05) is 16.8 Å². The van der Waals surface area contributed by atoms with Gasteiger partial charge in [-0.25, -0.2) is 9.59 Å². The summed E-state index contributed by atoms with van der Waals surface area (Å²) in [6.07, 6.45) is 0.842. The minimum Gasteiger partial charge on any atom is -0.465 e. The molecule has 3 rings (SSSR count). The molecule has 1 aliphatic heterocycles. The number of benzene rings is 1. The van der Waals surface area contributed by atoms with E-state index in [1.54, 1.807) is 19.1 Å². The Morgan fingerprint density at radius 2 is 1.90 bits per heavy atom. The first-order chi connectivity index (χ1) is 13.9. The molecule has 2 heterocycles. The van der Waals surface area contributed by atoms with Crippen molar-refractivity contribution < 1.29 is 19.1 Å². The van der Waals surface area contributed by atoms with Crippen LogP contribution in [0, 0.1) is 5.92 Å². The SMILES string of the molecule is CCOC(=O)c1nn(CC(C)C)c2c1CN(Cc1ccc(C(=O)OC)cc1)CC2. The predicted molar refractivity (Wildman–Crippen MR) is 109 cm³/mol. The van der Waals surface area contributed by atoms with Crippen molar-refractivity contribution >= 4 is 11.9 Å². The highest BCUT2D eigenvalue weighted by Crippen LogP contribution is 2.25. The van der Waals surface area contributed by atoms with Crippen LogP contribution in [0.1, 0.15) is 58.4 Å². The first-order valence-corrected chi connectivity index (χ1v) is 10.1. The van der Waals surface area contributed by atoms with Crippen molar-refractivity contribution in [3.05, 3.63) is 52.3 Å². The van der Waals surface area contributed by atoms with Gasteiger partial charge < -0.3 is 9.47 Å². The molecule has 1 aromatic heterocycles. The molecular weight excluding hydrogens is 370 g/mol. The summed E-state index contributed by atoms with van der Waals surface area (Å²) >= 11 is 0. The Kier molecular flexibility index (Phi) is 6.69. The number of carbonyl (C=O) groups excluding carboxylic acids is 2.